The van der Waals surface area contributed by atoms with Gasteiger partial charge in [0.15, 0.2) is 0 Å². The molecule has 0 saturated carbocycles. The fraction of sp³-hybridized carbons (Fsp3) is 0. The summed E-state index contributed by atoms with van der Waals surface area (Å²) in [6.07, 6.45) is 4.02. The summed E-state index contributed by atoms with van der Waals surface area (Å²) in [4.78, 5) is 9.89. The molecule has 52 valence electrons. The van der Waals surface area contributed by atoms with E-state index in [1.807, 2.05) is 30.3 Å². The molecule has 0 heterocycles. The van der Waals surface area contributed by atoms with Gasteiger partial charge in [0, 0.05) is 0 Å². The first-order valence-corrected chi connectivity index (χ1v) is 3.10. The topological polar surface area (TPSA) is 17.1 Å². The van der Waals surface area contributed by atoms with Gasteiger partial charge in [0.1, 0.15) is 6.29 Å². The van der Waals surface area contributed by atoms with Crippen LogP contribution in [0.3, 0.4) is 0 Å². The number of allylic oxidation sites excluding steroid dienone is 1. The van der Waals surface area contributed by atoms with Crippen molar-refractivity contribution in [3.63, 3.8) is 0 Å². The van der Waals surface area contributed by atoms with E-state index in [-0.39, 0.29) is 29.6 Å². The number of carbonyl (C=O) groups excluding carboxylic acids is 1. The minimum atomic E-state index is 0. The Morgan fingerprint density at radius 3 is 2.27 bits per heavy atom. The molecular formula is C9H9NaO. The maximum absolute atomic E-state index is 9.89. The van der Waals surface area contributed by atoms with Gasteiger partial charge in [-0.25, -0.2) is 0 Å². The third-order valence-corrected chi connectivity index (χ3v) is 1.17. The number of hydrogen-bond donors (Lipinski definition) is 0. The Bertz CT molecular complexity index is 229. The molecule has 0 aliphatic heterocycles. The summed E-state index contributed by atoms with van der Waals surface area (Å²) >= 11 is 0. The second-order valence-electron chi connectivity index (χ2n) is 1.91. The van der Waals surface area contributed by atoms with Gasteiger partial charge in [-0.05, 0) is 11.6 Å². The monoisotopic (exact) mass is 156 g/mol. The van der Waals surface area contributed by atoms with Crippen molar-refractivity contribution in [1.29, 1.82) is 0 Å². The second kappa shape index (κ2) is 6.35. The van der Waals surface area contributed by atoms with E-state index in [4.69, 9.17) is 0 Å². The SMILES string of the molecule is O=C/C=C/c1ccccc1.[NaH]. The van der Waals surface area contributed by atoms with Gasteiger partial charge in [0.25, 0.3) is 0 Å². The summed E-state index contributed by atoms with van der Waals surface area (Å²) in [5.41, 5.74) is 1.05. The van der Waals surface area contributed by atoms with Crippen molar-refractivity contribution in [2.45, 2.75) is 0 Å². The molecule has 0 atom stereocenters. The van der Waals surface area contributed by atoms with E-state index >= 15 is 0 Å². The Morgan fingerprint density at radius 1 is 1.09 bits per heavy atom. The van der Waals surface area contributed by atoms with E-state index in [9.17, 15) is 4.79 Å². The van der Waals surface area contributed by atoms with Crippen molar-refractivity contribution in [2.24, 2.45) is 0 Å². The van der Waals surface area contributed by atoms with E-state index in [1.165, 1.54) is 6.08 Å². The molecule has 1 aromatic carbocycles. The predicted octanol–water partition coefficient (Wildman–Crippen LogP) is 1.25. The summed E-state index contributed by atoms with van der Waals surface area (Å²) in [5.74, 6) is 0. The summed E-state index contributed by atoms with van der Waals surface area (Å²) in [5, 5.41) is 0. The number of aldehydes is 1. The average Bonchev–Trinajstić information content (AvgIpc) is 2.03. The molecule has 2 heteroatoms. The first kappa shape index (κ1) is 10.6. The molecule has 0 aromatic heterocycles. The van der Waals surface area contributed by atoms with E-state index in [0.717, 1.165) is 11.8 Å². The molecule has 0 amide bonds. The molecule has 0 spiro atoms. The second-order valence-corrected chi connectivity index (χ2v) is 1.91. The van der Waals surface area contributed by atoms with Gasteiger partial charge < -0.3 is 0 Å². The van der Waals surface area contributed by atoms with Crippen LogP contribution in [0.4, 0.5) is 0 Å². The van der Waals surface area contributed by atoms with E-state index in [2.05, 4.69) is 0 Å². The molecule has 0 unspecified atom stereocenters. The quantitative estimate of drug-likeness (QED) is 0.358. The summed E-state index contributed by atoms with van der Waals surface area (Å²) in [6.45, 7) is 0. The molecule has 0 bridgehead atoms. The van der Waals surface area contributed by atoms with Crippen LogP contribution in [0.25, 0.3) is 6.08 Å². The van der Waals surface area contributed by atoms with Crippen molar-refractivity contribution < 1.29 is 4.79 Å². The molecule has 0 N–H and O–H groups in total. The molecule has 0 aliphatic carbocycles. The number of benzene rings is 1. The van der Waals surface area contributed by atoms with Gasteiger partial charge in [-0.2, -0.15) is 0 Å². The summed E-state index contributed by atoms with van der Waals surface area (Å²) in [6, 6.07) is 9.70. The van der Waals surface area contributed by atoms with Gasteiger partial charge in [-0.15, -0.1) is 0 Å². The molecular weight excluding hydrogens is 147 g/mol. The van der Waals surface area contributed by atoms with E-state index in [1.54, 1.807) is 6.08 Å². The predicted molar refractivity (Wildman–Crippen MR) is 48.7 cm³/mol. The van der Waals surface area contributed by atoms with Crippen LogP contribution in [0.5, 0.6) is 0 Å². The Hall–Kier alpha value is -0.370. The van der Waals surface area contributed by atoms with Crippen LogP contribution in [0, 0.1) is 0 Å². The van der Waals surface area contributed by atoms with Crippen molar-refractivity contribution in [1.82, 2.24) is 0 Å². The molecule has 11 heavy (non-hydrogen) atoms. The zero-order valence-electron chi connectivity index (χ0n) is 5.53. The molecule has 0 fully saturated rings. The Kier molecular flexibility index (Phi) is 6.13. The standard InChI is InChI=1S/C9H8O.Na.H/c10-8-4-7-9-5-2-1-3-6-9;;/h1-8H;;/b7-4+;;. The molecule has 1 rings (SSSR count). The first-order chi connectivity index (χ1) is 4.93. The fourth-order valence-electron chi connectivity index (χ4n) is 0.715. The van der Waals surface area contributed by atoms with Crippen molar-refractivity contribution in [3.8, 4) is 0 Å². The van der Waals surface area contributed by atoms with E-state index < -0.39 is 0 Å². The van der Waals surface area contributed by atoms with Gasteiger partial charge in [-0.1, -0.05) is 36.4 Å². The maximum atomic E-state index is 9.89. The van der Waals surface area contributed by atoms with Crippen molar-refractivity contribution in [2.75, 3.05) is 0 Å². The third-order valence-electron chi connectivity index (χ3n) is 1.17. The Balaban J connectivity index is 0.000001000. The van der Waals surface area contributed by atoms with Crippen LogP contribution >= 0.6 is 0 Å². The molecule has 0 aliphatic rings. The number of carbonyl (C=O) groups is 1. The van der Waals surface area contributed by atoms with Crippen LogP contribution in [-0.2, 0) is 4.79 Å². The normalized spacial score (nSPS) is 9.09. The van der Waals surface area contributed by atoms with Crippen LogP contribution in [0.1, 0.15) is 5.56 Å². The zero-order chi connectivity index (χ0) is 7.23. The number of hydrogen-bond acceptors (Lipinski definition) is 1. The van der Waals surface area contributed by atoms with Gasteiger partial charge in [0.2, 0.25) is 0 Å². The zero-order valence-corrected chi connectivity index (χ0v) is 5.53. The summed E-state index contributed by atoms with van der Waals surface area (Å²) < 4.78 is 0. The minimum absolute atomic E-state index is 0. The number of rotatable bonds is 2. The molecule has 1 nitrogen and oxygen atoms in total. The van der Waals surface area contributed by atoms with Gasteiger partial charge in [0.05, 0.1) is 0 Å². The first-order valence-electron chi connectivity index (χ1n) is 3.10. The van der Waals surface area contributed by atoms with Gasteiger partial charge in [-0.3, -0.25) is 4.79 Å². The third kappa shape index (κ3) is 4.14. The molecule has 1 aromatic rings. The molecule has 0 radical (unpaired) electrons. The molecule has 0 saturated heterocycles. The Labute approximate surface area is 88.4 Å². The van der Waals surface area contributed by atoms with Crippen LogP contribution in [0.15, 0.2) is 36.4 Å². The van der Waals surface area contributed by atoms with Gasteiger partial charge >= 0.3 is 29.6 Å². The van der Waals surface area contributed by atoms with Crippen LogP contribution in [0.2, 0.25) is 0 Å². The van der Waals surface area contributed by atoms with Crippen LogP contribution < -0.4 is 0 Å². The van der Waals surface area contributed by atoms with Crippen molar-refractivity contribution in [3.05, 3.63) is 42.0 Å². The summed E-state index contributed by atoms with van der Waals surface area (Å²) in [7, 11) is 0. The fourth-order valence-corrected chi connectivity index (χ4v) is 0.715. The van der Waals surface area contributed by atoms with Crippen LogP contribution in [-0.4, -0.2) is 35.8 Å². The Morgan fingerprint density at radius 2 is 1.73 bits per heavy atom. The average molecular weight is 156 g/mol. The van der Waals surface area contributed by atoms with Crippen molar-refractivity contribution >= 4 is 41.9 Å². The van der Waals surface area contributed by atoms with E-state index in [0.29, 0.717) is 0 Å².